The maximum absolute atomic E-state index is 13.0. The van der Waals surface area contributed by atoms with Crippen LogP contribution in [-0.2, 0) is 6.54 Å². The first kappa shape index (κ1) is 17.9. The van der Waals surface area contributed by atoms with E-state index in [1.165, 1.54) is 0 Å². The molecular formula is C19H29N5O. The highest BCUT2D eigenvalue weighted by Gasteiger charge is 2.30. The third kappa shape index (κ3) is 3.68. The van der Waals surface area contributed by atoms with Crippen molar-refractivity contribution in [1.82, 2.24) is 24.4 Å². The SMILES string of the molecule is CCC[C@@H]1CCCN1C(=O)c1cnn2cc(CN(CC)CC)cnc12. The topological polar surface area (TPSA) is 53.7 Å². The summed E-state index contributed by atoms with van der Waals surface area (Å²) in [5, 5.41) is 4.39. The summed E-state index contributed by atoms with van der Waals surface area (Å²) in [6, 6.07) is 0.370. The van der Waals surface area contributed by atoms with Gasteiger partial charge in [0.1, 0.15) is 5.56 Å². The van der Waals surface area contributed by atoms with Gasteiger partial charge in [0, 0.05) is 37.1 Å². The van der Waals surface area contributed by atoms with Crippen molar-refractivity contribution in [3.8, 4) is 0 Å². The van der Waals surface area contributed by atoms with E-state index >= 15 is 0 Å². The van der Waals surface area contributed by atoms with Crippen LogP contribution >= 0.6 is 0 Å². The second kappa shape index (κ2) is 7.95. The Hall–Kier alpha value is -1.95. The van der Waals surface area contributed by atoms with E-state index in [0.29, 0.717) is 17.3 Å². The molecule has 136 valence electrons. The molecule has 1 atom stereocenters. The lowest BCUT2D eigenvalue weighted by atomic mass is 10.1. The Morgan fingerprint density at radius 3 is 2.80 bits per heavy atom. The van der Waals surface area contributed by atoms with E-state index in [1.54, 1.807) is 10.7 Å². The van der Waals surface area contributed by atoms with E-state index in [2.05, 4.69) is 35.8 Å². The molecule has 0 saturated carbocycles. The number of nitrogens with zero attached hydrogens (tertiary/aromatic N) is 5. The number of carbonyl (C=O) groups is 1. The molecule has 2 aromatic rings. The minimum atomic E-state index is 0.0787. The van der Waals surface area contributed by atoms with Crippen LogP contribution in [0.4, 0.5) is 0 Å². The van der Waals surface area contributed by atoms with Gasteiger partial charge in [-0.05, 0) is 32.4 Å². The minimum absolute atomic E-state index is 0.0787. The van der Waals surface area contributed by atoms with E-state index < -0.39 is 0 Å². The molecule has 2 aromatic heterocycles. The largest absolute Gasteiger partial charge is 0.335 e. The third-order valence-electron chi connectivity index (χ3n) is 5.20. The van der Waals surface area contributed by atoms with E-state index in [-0.39, 0.29) is 5.91 Å². The zero-order valence-corrected chi connectivity index (χ0v) is 15.6. The van der Waals surface area contributed by atoms with Gasteiger partial charge in [-0.15, -0.1) is 0 Å². The van der Waals surface area contributed by atoms with Crippen LogP contribution in [-0.4, -0.2) is 56.0 Å². The van der Waals surface area contributed by atoms with Gasteiger partial charge in [-0.25, -0.2) is 9.50 Å². The highest BCUT2D eigenvalue weighted by atomic mass is 16.2. The molecule has 3 rings (SSSR count). The summed E-state index contributed by atoms with van der Waals surface area (Å²) >= 11 is 0. The van der Waals surface area contributed by atoms with Crippen LogP contribution in [0.5, 0.6) is 0 Å². The Morgan fingerprint density at radius 2 is 2.08 bits per heavy atom. The molecule has 1 aliphatic heterocycles. The van der Waals surface area contributed by atoms with Crippen molar-refractivity contribution in [2.45, 2.75) is 59.0 Å². The van der Waals surface area contributed by atoms with Gasteiger partial charge in [-0.2, -0.15) is 5.10 Å². The Balaban J connectivity index is 1.82. The molecule has 0 spiro atoms. The predicted octanol–water partition coefficient (Wildman–Crippen LogP) is 2.98. The van der Waals surface area contributed by atoms with Crippen LogP contribution in [0, 0.1) is 0 Å². The molecule has 0 bridgehead atoms. The number of rotatable bonds is 7. The number of likely N-dealkylation sites (tertiary alicyclic amines) is 1. The number of fused-ring (bicyclic) bond motifs is 1. The van der Waals surface area contributed by atoms with Gasteiger partial charge in [0.25, 0.3) is 5.91 Å². The molecule has 0 aliphatic carbocycles. The van der Waals surface area contributed by atoms with Crippen molar-refractivity contribution in [1.29, 1.82) is 0 Å². The molecule has 1 saturated heterocycles. The first-order valence-corrected chi connectivity index (χ1v) is 9.53. The Kier molecular flexibility index (Phi) is 5.68. The van der Waals surface area contributed by atoms with Crippen molar-refractivity contribution in [3.63, 3.8) is 0 Å². The highest BCUT2D eigenvalue weighted by Crippen LogP contribution is 2.24. The maximum atomic E-state index is 13.0. The van der Waals surface area contributed by atoms with Gasteiger partial charge in [-0.1, -0.05) is 27.2 Å². The predicted molar refractivity (Wildman–Crippen MR) is 98.6 cm³/mol. The van der Waals surface area contributed by atoms with Crippen LogP contribution in [0.2, 0.25) is 0 Å². The summed E-state index contributed by atoms with van der Waals surface area (Å²) in [6.45, 7) is 10.2. The van der Waals surface area contributed by atoms with E-state index in [4.69, 9.17) is 0 Å². The summed E-state index contributed by atoms with van der Waals surface area (Å²) in [4.78, 5) is 21.9. The van der Waals surface area contributed by atoms with Crippen LogP contribution in [0.25, 0.3) is 5.65 Å². The van der Waals surface area contributed by atoms with Gasteiger partial charge < -0.3 is 4.90 Å². The maximum Gasteiger partial charge on any atom is 0.259 e. The average molecular weight is 343 g/mol. The van der Waals surface area contributed by atoms with Gasteiger partial charge in [0.2, 0.25) is 0 Å². The van der Waals surface area contributed by atoms with Crippen LogP contribution in [0.15, 0.2) is 18.6 Å². The van der Waals surface area contributed by atoms with Crippen LogP contribution < -0.4 is 0 Å². The molecule has 0 aromatic carbocycles. The zero-order valence-electron chi connectivity index (χ0n) is 15.6. The van der Waals surface area contributed by atoms with Crippen molar-refractivity contribution in [3.05, 3.63) is 29.7 Å². The summed E-state index contributed by atoms with van der Waals surface area (Å²) in [5.41, 5.74) is 2.40. The molecule has 0 radical (unpaired) electrons. The average Bonchev–Trinajstić information content (AvgIpc) is 3.26. The van der Waals surface area contributed by atoms with Crippen molar-refractivity contribution in [2.24, 2.45) is 0 Å². The zero-order chi connectivity index (χ0) is 17.8. The molecule has 3 heterocycles. The molecule has 6 heteroatoms. The number of carbonyl (C=O) groups excluding carboxylic acids is 1. The first-order valence-electron chi connectivity index (χ1n) is 9.53. The van der Waals surface area contributed by atoms with Gasteiger partial charge >= 0.3 is 0 Å². The normalized spacial score (nSPS) is 17.8. The van der Waals surface area contributed by atoms with E-state index in [0.717, 1.165) is 57.4 Å². The lowest BCUT2D eigenvalue weighted by Crippen LogP contribution is -2.35. The number of hydrogen-bond donors (Lipinski definition) is 0. The fourth-order valence-electron chi connectivity index (χ4n) is 3.74. The molecular weight excluding hydrogens is 314 g/mol. The summed E-state index contributed by atoms with van der Waals surface area (Å²) in [7, 11) is 0. The smallest absolute Gasteiger partial charge is 0.259 e. The first-order chi connectivity index (χ1) is 12.2. The minimum Gasteiger partial charge on any atom is -0.335 e. The Morgan fingerprint density at radius 1 is 1.28 bits per heavy atom. The highest BCUT2D eigenvalue weighted by molar-refractivity contribution is 5.99. The van der Waals surface area contributed by atoms with Gasteiger partial charge in [0.05, 0.1) is 6.20 Å². The quantitative estimate of drug-likeness (QED) is 0.775. The number of hydrogen-bond acceptors (Lipinski definition) is 4. The second-order valence-electron chi connectivity index (χ2n) is 6.83. The van der Waals surface area contributed by atoms with Crippen molar-refractivity contribution in [2.75, 3.05) is 19.6 Å². The molecule has 0 N–H and O–H groups in total. The van der Waals surface area contributed by atoms with Gasteiger partial charge in [0.15, 0.2) is 5.65 Å². The Bertz CT molecular complexity index is 722. The molecule has 6 nitrogen and oxygen atoms in total. The van der Waals surface area contributed by atoms with E-state index in [1.807, 2.05) is 17.3 Å². The number of aromatic nitrogens is 3. The van der Waals surface area contributed by atoms with Crippen molar-refractivity contribution < 1.29 is 4.79 Å². The Labute approximate surface area is 149 Å². The third-order valence-corrected chi connectivity index (χ3v) is 5.20. The lowest BCUT2D eigenvalue weighted by Gasteiger charge is -2.23. The number of amides is 1. The molecule has 1 aliphatic rings. The molecule has 0 unspecified atom stereocenters. The molecule has 25 heavy (non-hydrogen) atoms. The van der Waals surface area contributed by atoms with Gasteiger partial charge in [-0.3, -0.25) is 9.69 Å². The fraction of sp³-hybridized carbons (Fsp3) is 0.632. The summed E-state index contributed by atoms with van der Waals surface area (Å²) in [6.07, 6.45) is 9.93. The standard InChI is InChI=1S/C19H29N5O/c1-4-8-16-9-7-10-23(16)19(25)17-12-21-24-14-15(11-20-18(17)24)13-22(5-2)6-3/h11-12,14,16H,4-10,13H2,1-3H3/t16-/m1/s1. The summed E-state index contributed by atoms with van der Waals surface area (Å²) in [5.74, 6) is 0.0787. The molecule has 1 fully saturated rings. The van der Waals surface area contributed by atoms with Crippen LogP contribution in [0.3, 0.4) is 0 Å². The monoisotopic (exact) mass is 343 g/mol. The summed E-state index contributed by atoms with van der Waals surface area (Å²) < 4.78 is 1.75. The van der Waals surface area contributed by atoms with Crippen molar-refractivity contribution >= 4 is 11.6 Å². The fourth-order valence-corrected chi connectivity index (χ4v) is 3.74. The lowest BCUT2D eigenvalue weighted by molar-refractivity contribution is 0.0732. The second-order valence-corrected chi connectivity index (χ2v) is 6.83. The van der Waals surface area contributed by atoms with Crippen LogP contribution in [0.1, 0.15) is 62.4 Å². The van der Waals surface area contributed by atoms with E-state index in [9.17, 15) is 4.79 Å². The molecule has 1 amide bonds.